The highest BCUT2D eigenvalue weighted by Gasteiger charge is 2.65. The zero-order chi connectivity index (χ0) is 41.0. The largest absolute Gasteiger partial charge is 0.402 e. The van der Waals surface area contributed by atoms with Gasteiger partial charge in [-0.25, -0.2) is 35.1 Å². The molecular formula is C32H14F20S2. The van der Waals surface area contributed by atoms with Crippen LogP contribution in [0, 0.1) is 46.5 Å². The fourth-order valence-electron chi connectivity index (χ4n) is 5.70. The minimum Gasteiger partial charge on any atom is -0.207 e. The molecular weight excluding hydrogens is 828 g/mol. The molecule has 0 aliphatic rings. The minimum absolute atomic E-state index is 0.0740. The maximum absolute atomic E-state index is 15.4. The van der Waals surface area contributed by atoms with Crippen LogP contribution >= 0.6 is 21.6 Å². The van der Waals surface area contributed by atoms with E-state index in [1.807, 2.05) is 0 Å². The highest BCUT2D eigenvalue weighted by Crippen LogP contribution is 2.56. The van der Waals surface area contributed by atoms with Gasteiger partial charge < -0.3 is 0 Å². The van der Waals surface area contributed by atoms with Crippen molar-refractivity contribution in [3.8, 4) is 0 Å². The molecule has 22 heteroatoms. The topological polar surface area (TPSA) is 0 Å². The molecule has 0 N–H and O–H groups in total. The Kier molecular flexibility index (Phi) is 11.7. The van der Waals surface area contributed by atoms with Gasteiger partial charge in [-0.1, -0.05) is 24.3 Å². The van der Waals surface area contributed by atoms with E-state index in [2.05, 4.69) is 0 Å². The van der Waals surface area contributed by atoms with E-state index in [9.17, 15) is 70.2 Å². The van der Waals surface area contributed by atoms with Gasteiger partial charge in [0.2, 0.25) is 0 Å². The summed E-state index contributed by atoms with van der Waals surface area (Å²) in [6, 6.07) is -0.214. The highest BCUT2D eigenvalue weighted by atomic mass is 33.1. The Hall–Kier alpha value is -3.82. The molecule has 0 saturated carbocycles. The fourth-order valence-corrected chi connectivity index (χ4v) is 7.76. The molecule has 294 valence electrons. The van der Waals surface area contributed by atoms with Gasteiger partial charge in [0.05, 0.1) is 22.6 Å². The van der Waals surface area contributed by atoms with E-state index in [0.717, 1.165) is 0 Å². The number of halogens is 20. The van der Waals surface area contributed by atoms with Gasteiger partial charge in [-0.05, 0) is 45.9 Å². The molecule has 4 aromatic rings. The van der Waals surface area contributed by atoms with E-state index in [1.54, 1.807) is 0 Å². The van der Waals surface area contributed by atoms with E-state index in [0.29, 0.717) is 0 Å². The molecule has 0 spiro atoms. The van der Waals surface area contributed by atoms with Crippen LogP contribution in [0.15, 0.2) is 70.5 Å². The van der Waals surface area contributed by atoms with Crippen LogP contribution in [-0.4, -0.2) is 24.7 Å². The molecule has 0 fully saturated rings. The summed E-state index contributed by atoms with van der Waals surface area (Å²) >= 11 is 0. The van der Waals surface area contributed by atoms with Crippen molar-refractivity contribution in [1.29, 1.82) is 0 Å². The number of hydrogen-bond acceptors (Lipinski definition) is 2. The lowest BCUT2D eigenvalue weighted by atomic mass is 9.70. The average molecular weight is 843 g/mol. The maximum atomic E-state index is 15.4. The summed E-state index contributed by atoms with van der Waals surface area (Å²) in [5.41, 5.74) is -17.8. The van der Waals surface area contributed by atoms with Crippen molar-refractivity contribution in [2.45, 2.75) is 58.2 Å². The third-order valence-corrected chi connectivity index (χ3v) is 10.3. The van der Waals surface area contributed by atoms with Gasteiger partial charge in [0.1, 0.15) is 34.1 Å². The molecule has 54 heavy (non-hydrogen) atoms. The predicted molar refractivity (Wildman–Crippen MR) is 152 cm³/mol. The standard InChI is InChI=1S/C32H14F20S2/c33-13-1-3-15(19(35)9-13)27(31(47,48)49,11-29(41,42)43)17-5-7-21(25(39)23(17)37)53-54-22-8-6-18(24(38)26(22)40)28(32(50,51)52,12-30(44,45)46)16-4-2-14(34)10-20(16)36/h1-10H,11-12H2. The normalized spacial score (nSPS) is 15.3. The van der Waals surface area contributed by atoms with Crippen LogP contribution in [0.4, 0.5) is 87.8 Å². The second-order valence-electron chi connectivity index (χ2n) is 11.3. The molecule has 4 rings (SSSR count). The Balaban J connectivity index is 1.83. The molecule has 2 unspecified atom stereocenters. The van der Waals surface area contributed by atoms with Crippen molar-refractivity contribution in [2.24, 2.45) is 0 Å². The van der Waals surface area contributed by atoms with Gasteiger partial charge in [0, 0.05) is 34.4 Å². The van der Waals surface area contributed by atoms with Crippen LogP contribution in [0.25, 0.3) is 0 Å². The van der Waals surface area contributed by atoms with Crippen molar-refractivity contribution < 1.29 is 87.8 Å². The summed E-state index contributed by atoms with van der Waals surface area (Å²) in [6.45, 7) is 0. The van der Waals surface area contributed by atoms with E-state index >= 15 is 17.6 Å². The number of alkyl halides is 12. The van der Waals surface area contributed by atoms with E-state index in [-0.39, 0.29) is 82.3 Å². The smallest absolute Gasteiger partial charge is 0.207 e. The highest BCUT2D eigenvalue weighted by molar-refractivity contribution is 8.76. The molecule has 0 saturated heterocycles. The second-order valence-corrected chi connectivity index (χ2v) is 13.5. The first-order valence-corrected chi connectivity index (χ1v) is 16.2. The van der Waals surface area contributed by atoms with Crippen LogP contribution in [0.5, 0.6) is 0 Å². The lowest BCUT2D eigenvalue weighted by molar-refractivity contribution is -0.223. The molecule has 0 radical (unpaired) electrons. The van der Waals surface area contributed by atoms with Crippen molar-refractivity contribution in [3.05, 3.63) is 129 Å². The molecule has 0 heterocycles. The monoisotopic (exact) mass is 842 g/mol. The summed E-state index contributed by atoms with van der Waals surface area (Å²) in [4.78, 5) is -2.38. The summed E-state index contributed by atoms with van der Waals surface area (Å²) in [6.07, 6.45) is -30.5. The first-order chi connectivity index (χ1) is 24.6. The summed E-state index contributed by atoms with van der Waals surface area (Å²) in [7, 11) is -0.457. The Labute approximate surface area is 296 Å². The van der Waals surface area contributed by atoms with Gasteiger partial charge in [-0.2, -0.15) is 52.7 Å². The number of benzene rings is 4. The summed E-state index contributed by atoms with van der Waals surface area (Å²) in [5.74, 6) is -17.7. The predicted octanol–water partition coefficient (Wildman–Crippen LogP) is 13.2. The first kappa shape index (κ1) is 42.9. The third-order valence-electron chi connectivity index (χ3n) is 7.92. The van der Waals surface area contributed by atoms with Crippen LogP contribution in [0.1, 0.15) is 35.1 Å². The zero-order valence-electron chi connectivity index (χ0n) is 25.6. The van der Waals surface area contributed by atoms with Gasteiger partial charge in [0.25, 0.3) is 0 Å². The lowest BCUT2D eigenvalue weighted by Crippen LogP contribution is -2.48. The van der Waals surface area contributed by atoms with Gasteiger partial charge >= 0.3 is 24.7 Å². The second kappa shape index (κ2) is 14.7. The SMILES string of the molecule is Fc1ccc(C(CC(F)(F)F)(c2ccc(SSc3ccc(C(CC(F)(F)F)(c4ccc(F)cc4F)C(F)(F)F)c(F)c3F)c(F)c2F)C(F)(F)F)c(F)c1. The molecule has 0 aliphatic heterocycles. The maximum Gasteiger partial charge on any atom is 0.402 e. The number of hydrogen-bond donors (Lipinski definition) is 0. The molecule has 0 aliphatic carbocycles. The van der Waals surface area contributed by atoms with Crippen LogP contribution < -0.4 is 0 Å². The quantitative estimate of drug-likeness (QED) is 0.122. The average Bonchev–Trinajstić information content (AvgIpc) is 3.00. The Morgan fingerprint density at radius 1 is 0.370 bits per heavy atom. The van der Waals surface area contributed by atoms with E-state index < -0.39 is 127 Å². The van der Waals surface area contributed by atoms with Crippen LogP contribution in [0.2, 0.25) is 0 Å². The van der Waals surface area contributed by atoms with Crippen molar-refractivity contribution in [2.75, 3.05) is 0 Å². The molecule has 0 bridgehead atoms. The molecule has 0 amide bonds. The molecule has 4 aromatic carbocycles. The summed E-state index contributed by atoms with van der Waals surface area (Å²) in [5, 5.41) is 0. The zero-order valence-corrected chi connectivity index (χ0v) is 27.2. The summed E-state index contributed by atoms with van der Waals surface area (Å²) < 4.78 is 287. The van der Waals surface area contributed by atoms with Crippen molar-refractivity contribution in [1.82, 2.24) is 0 Å². The Bertz CT molecular complexity index is 1890. The van der Waals surface area contributed by atoms with Crippen LogP contribution in [-0.2, 0) is 10.8 Å². The Morgan fingerprint density at radius 3 is 0.926 bits per heavy atom. The Morgan fingerprint density at radius 2 is 0.667 bits per heavy atom. The van der Waals surface area contributed by atoms with E-state index in [1.165, 1.54) is 0 Å². The third kappa shape index (κ3) is 8.08. The minimum atomic E-state index is -6.27. The molecule has 0 nitrogen and oxygen atoms in total. The molecule has 0 aromatic heterocycles. The van der Waals surface area contributed by atoms with Crippen molar-refractivity contribution >= 4 is 21.6 Å². The lowest BCUT2D eigenvalue weighted by Gasteiger charge is -2.38. The first-order valence-electron chi connectivity index (χ1n) is 14.1. The van der Waals surface area contributed by atoms with Gasteiger partial charge in [0.15, 0.2) is 23.3 Å². The van der Waals surface area contributed by atoms with Gasteiger partial charge in [-0.15, -0.1) is 0 Å². The van der Waals surface area contributed by atoms with E-state index in [4.69, 9.17) is 0 Å². The van der Waals surface area contributed by atoms with Crippen LogP contribution in [0.3, 0.4) is 0 Å². The fraction of sp³-hybridized carbons (Fsp3) is 0.250. The van der Waals surface area contributed by atoms with Gasteiger partial charge in [-0.3, -0.25) is 0 Å². The number of rotatable bonds is 9. The molecule has 2 atom stereocenters. The van der Waals surface area contributed by atoms with Crippen molar-refractivity contribution in [3.63, 3.8) is 0 Å².